The maximum Gasteiger partial charge on any atom is 0.374 e. The van der Waals surface area contributed by atoms with Crippen molar-refractivity contribution in [3.8, 4) is 0 Å². The minimum Gasteiger partial charge on any atom is -0.450 e. The summed E-state index contributed by atoms with van der Waals surface area (Å²) >= 11 is 5.83. The molecular formula is C18H19ClN2O6. The van der Waals surface area contributed by atoms with Gasteiger partial charge in [0.2, 0.25) is 11.7 Å². The first-order valence-electron chi connectivity index (χ1n) is 8.30. The van der Waals surface area contributed by atoms with Gasteiger partial charge in [0.1, 0.15) is 5.58 Å². The lowest BCUT2D eigenvalue weighted by molar-refractivity contribution is -0.138. The molecule has 0 aliphatic heterocycles. The molecule has 0 unspecified atom stereocenters. The van der Waals surface area contributed by atoms with Gasteiger partial charge < -0.3 is 19.4 Å². The highest BCUT2D eigenvalue weighted by Crippen LogP contribution is 2.18. The van der Waals surface area contributed by atoms with Gasteiger partial charge in [-0.3, -0.25) is 14.4 Å². The summed E-state index contributed by atoms with van der Waals surface area (Å²) in [6.45, 7) is 3.49. The molecular weight excluding hydrogens is 376 g/mol. The van der Waals surface area contributed by atoms with Crippen molar-refractivity contribution in [2.75, 3.05) is 26.2 Å². The number of likely N-dealkylation sites (N-methyl/N-ethyl adjacent to an activating group) is 2. The minimum atomic E-state index is -0.952. The lowest BCUT2D eigenvalue weighted by Crippen LogP contribution is -2.42. The van der Waals surface area contributed by atoms with Crippen LogP contribution >= 0.6 is 11.6 Å². The van der Waals surface area contributed by atoms with Crippen LogP contribution in [0.5, 0.6) is 0 Å². The Morgan fingerprint density at radius 2 is 1.96 bits per heavy atom. The molecule has 0 saturated heterocycles. The lowest BCUT2D eigenvalue weighted by atomic mass is 10.2. The van der Waals surface area contributed by atoms with Crippen molar-refractivity contribution >= 4 is 40.4 Å². The summed E-state index contributed by atoms with van der Waals surface area (Å²) in [5, 5.41) is 3.18. The second-order valence-corrected chi connectivity index (χ2v) is 5.99. The van der Waals surface area contributed by atoms with Crippen molar-refractivity contribution in [2.45, 2.75) is 13.8 Å². The average Bonchev–Trinajstić information content (AvgIpc) is 2.64. The molecule has 144 valence electrons. The Balaban J connectivity index is 2.05. The number of hydrogen-bond donors (Lipinski definition) is 1. The van der Waals surface area contributed by atoms with E-state index in [2.05, 4.69) is 5.32 Å². The van der Waals surface area contributed by atoms with E-state index in [1.54, 1.807) is 13.8 Å². The average molecular weight is 395 g/mol. The van der Waals surface area contributed by atoms with Crippen molar-refractivity contribution in [3.63, 3.8) is 0 Å². The van der Waals surface area contributed by atoms with Crippen LogP contribution < -0.4 is 10.7 Å². The Hall–Kier alpha value is -2.87. The Kier molecular flexibility index (Phi) is 6.95. The number of rotatable bonds is 7. The van der Waals surface area contributed by atoms with Crippen LogP contribution in [0.25, 0.3) is 11.0 Å². The molecule has 2 aromatic rings. The number of nitrogens with zero attached hydrogens (tertiary/aromatic N) is 1. The lowest BCUT2D eigenvalue weighted by Gasteiger charge is -2.19. The van der Waals surface area contributed by atoms with Crippen LogP contribution in [0.15, 0.2) is 33.5 Å². The van der Waals surface area contributed by atoms with Crippen LogP contribution in [0, 0.1) is 0 Å². The number of amides is 2. The Morgan fingerprint density at radius 1 is 1.22 bits per heavy atom. The maximum atomic E-state index is 12.1. The number of carbonyl (C=O) groups excluding carboxylic acids is 3. The molecule has 1 aromatic carbocycles. The summed E-state index contributed by atoms with van der Waals surface area (Å²) in [5.41, 5.74) is -0.278. The van der Waals surface area contributed by atoms with E-state index >= 15 is 0 Å². The van der Waals surface area contributed by atoms with Crippen LogP contribution in [-0.4, -0.2) is 48.9 Å². The molecule has 0 aliphatic carbocycles. The number of benzene rings is 1. The quantitative estimate of drug-likeness (QED) is 0.715. The molecule has 9 heteroatoms. The smallest absolute Gasteiger partial charge is 0.374 e. The van der Waals surface area contributed by atoms with Gasteiger partial charge >= 0.3 is 5.97 Å². The SMILES string of the molecule is CCNC(=O)CN(CC)C(=O)COC(=O)c1cc(=O)c2cc(Cl)ccc2o1. The molecule has 0 atom stereocenters. The van der Waals surface area contributed by atoms with E-state index in [4.69, 9.17) is 20.8 Å². The van der Waals surface area contributed by atoms with E-state index in [1.165, 1.54) is 23.1 Å². The van der Waals surface area contributed by atoms with E-state index in [-0.39, 0.29) is 35.7 Å². The summed E-state index contributed by atoms with van der Waals surface area (Å²) in [4.78, 5) is 49.2. The number of esters is 1. The van der Waals surface area contributed by atoms with Gasteiger partial charge in [-0.1, -0.05) is 11.6 Å². The van der Waals surface area contributed by atoms with Gasteiger partial charge in [-0.15, -0.1) is 0 Å². The van der Waals surface area contributed by atoms with Gasteiger partial charge in [-0.2, -0.15) is 0 Å². The Morgan fingerprint density at radius 3 is 2.63 bits per heavy atom. The van der Waals surface area contributed by atoms with E-state index in [0.717, 1.165) is 6.07 Å². The standard InChI is InChI=1S/C18H19ClN2O6/c1-3-20-16(23)9-21(4-2)17(24)10-26-18(25)15-8-13(22)12-7-11(19)5-6-14(12)27-15/h5-8H,3-4,9-10H2,1-2H3,(H,20,23). The number of hydrogen-bond acceptors (Lipinski definition) is 6. The van der Waals surface area contributed by atoms with Crippen molar-refractivity contribution in [1.82, 2.24) is 10.2 Å². The molecule has 2 rings (SSSR count). The van der Waals surface area contributed by atoms with E-state index in [0.29, 0.717) is 11.6 Å². The third kappa shape index (κ3) is 5.30. The summed E-state index contributed by atoms with van der Waals surface area (Å²) < 4.78 is 10.3. The third-order valence-electron chi connectivity index (χ3n) is 3.66. The highest BCUT2D eigenvalue weighted by molar-refractivity contribution is 6.31. The van der Waals surface area contributed by atoms with Gasteiger partial charge in [0.15, 0.2) is 12.0 Å². The van der Waals surface area contributed by atoms with Crippen LogP contribution in [-0.2, 0) is 14.3 Å². The van der Waals surface area contributed by atoms with E-state index in [9.17, 15) is 19.2 Å². The van der Waals surface area contributed by atoms with Gasteiger partial charge in [-0.25, -0.2) is 4.79 Å². The summed E-state index contributed by atoms with van der Waals surface area (Å²) in [5.74, 6) is -2.12. The molecule has 8 nitrogen and oxygen atoms in total. The highest BCUT2D eigenvalue weighted by atomic mass is 35.5. The van der Waals surface area contributed by atoms with Crippen LogP contribution in [0.3, 0.4) is 0 Å². The van der Waals surface area contributed by atoms with E-state index in [1.807, 2.05) is 0 Å². The third-order valence-corrected chi connectivity index (χ3v) is 3.90. The van der Waals surface area contributed by atoms with Gasteiger partial charge in [-0.05, 0) is 32.0 Å². The number of nitrogens with one attached hydrogen (secondary N) is 1. The molecule has 2 amide bonds. The van der Waals surface area contributed by atoms with Crippen LogP contribution in [0.2, 0.25) is 5.02 Å². The number of ether oxygens (including phenoxy) is 1. The fraction of sp³-hybridized carbons (Fsp3) is 0.333. The second kappa shape index (κ2) is 9.18. The number of halogens is 1. The largest absolute Gasteiger partial charge is 0.450 e. The first-order chi connectivity index (χ1) is 12.8. The fourth-order valence-corrected chi connectivity index (χ4v) is 2.49. The van der Waals surface area contributed by atoms with Crippen molar-refractivity contribution in [3.05, 3.63) is 45.3 Å². The Labute approximate surface area is 160 Å². The van der Waals surface area contributed by atoms with E-state index < -0.39 is 23.9 Å². The molecule has 0 spiro atoms. The topological polar surface area (TPSA) is 106 Å². The maximum absolute atomic E-state index is 12.1. The van der Waals surface area contributed by atoms with Crippen molar-refractivity contribution in [2.24, 2.45) is 0 Å². The first kappa shape index (κ1) is 20.4. The predicted octanol–water partition coefficient (Wildman–Crippen LogP) is 1.59. The van der Waals surface area contributed by atoms with Crippen LogP contribution in [0.4, 0.5) is 0 Å². The zero-order valence-electron chi connectivity index (χ0n) is 14.9. The zero-order chi connectivity index (χ0) is 20.0. The summed E-state index contributed by atoms with van der Waals surface area (Å²) in [7, 11) is 0. The second-order valence-electron chi connectivity index (χ2n) is 5.55. The van der Waals surface area contributed by atoms with Crippen LogP contribution in [0.1, 0.15) is 24.4 Å². The molecule has 0 bridgehead atoms. The molecule has 0 fully saturated rings. The predicted molar refractivity (Wildman–Crippen MR) is 98.7 cm³/mol. The summed E-state index contributed by atoms with van der Waals surface area (Å²) in [6.07, 6.45) is 0. The molecule has 0 saturated carbocycles. The number of fused-ring (bicyclic) bond motifs is 1. The normalized spacial score (nSPS) is 10.5. The van der Waals surface area contributed by atoms with Gasteiger partial charge in [0, 0.05) is 24.2 Å². The number of carbonyl (C=O) groups is 3. The highest BCUT2D eigenvalue weighted by Gasteiger charge is 2.19. The van der Waals surface area contributed by atoms with Gasteiger partial charge in [0.05, 0.1) is 11.9 Å². The van der Waals surface area contributed by atoms with Crippen molar-refractivity contribution in [1.29, 1.82) is 0 Å². The first-order valence-corrected chi connectivity index (χ1v) is 8.68. The van der Waals surface area contributed by atoms with Gasteiger partial charge in [0.25, 0.3) is 5.91 Å². The molecule has 0 aliphatic rings. The molecule has 0 radical (unpaired) electrons. The van der Waals surface area contributed by atoms with Crippen molar-refractivity contribution < 1.29 is 23.5 Å². The minimum absolute atomic E-state index is 0.132. The zero-order valence-corrected chi connectivity index (χ0v) is 15.7. The Bertz CT molecular complexity index is 924. The molecule has 1 aromatic heterocycles. The molecule has 1 heterocycles. The summed E-state index contributed by atoms with van der Waals surface area (Å²) in [6, 6.07) is 5.40. The fourth-order valence-electron chi connectivity index (χ4n) is 2.32. The molecule has 27 heavy (non-hydrogen) atoms. The molecule has 1 N–H and O–H groups in total. The monoisotopic (exact) mass is 394 g/mol.